The molecule has 25 heavy (non-hydrogen) atoms. The fraction of sp³-hybridized carbons (Fsp3) is 0.579. The van der Waals surface area contributed by atoms with Crippen LogP contribution in [0.15, 0.2) is 18.2 Å². The lowest BCUT2D eigenvalue weighted by Crippen LogP contribution is -2.45. The zero-order valence-corrected chi connectivity index (χ0v) is 15.2. The highest BCUT2D eigenvalue weighted by Gasteiger charge is 2.39. The molecule has 136 valence electrons. The molecule has 0 N–H and O–H groups in total. The average molecular weight is 346 g/mol. The van der Waals surface area contributed by atoms with E-state index in [1.807, 2.05) is 11.0 Å². The average Bonchev–Trinajstić information content (AvgIpc) is 3.02. The molecule has 2 amide bonds. The van der Waals surface area contributed by atoms with Crippen LogP contribution in [0.3, 0.4) is 0 Å². The normalized spacial score (nSPS) is 23.7. The Balaban J connectivity index is 1.77. The van der Waals surface area contributed by atoms with Crippen molar-refractivity contribution in [1.29, 1.82) is 0 Å². The zero-order chi connectivity index (χ0) is 18.0. The quantitative estimate of drug-likeness (QED) is 0.840. The van der Waals surface area contributed by atoms with E-state index in [-0.39, 0.29) is 30.2 Å². The Bertz CT molecular complexity index is 661. The predicted octanol–water partition coefficient (Wildman–Crippen LogP) is 2.46. The van der Waals surface area contributed by atoms with Gasteiger partial charge >= 0.3 is 0 Å². The number of nitrogens with zero attached hydrogens (tertiary/aromatic N) is 2. The molecule has 6 heteroatoms. The van der Waals surface area contributed by atoms with Gasteiger partial charge in [0.1, 0.15) is 11.5 Å². The lowest BCUT2D eigenvalue weighted by Gasteiger charge is -2.35. The summed E-state index contributed by atoms with van der Waals surface area (Å²) in [6.07, 6.45) is 3.52. The second kappa shape index (κ2) is 7.33. The van der Waals surface area contributed by atoms with Gasteiger partial charge in [0.05, 0.1) is 25.8 Å². The highest BCUT2D eigenvalue weighted by atomic mass is 16.5. The van der Waals surface area contributed by atoms with Crippen molar-refractivity contribution in [1.82, 2.24) is 4.90 Å². The predicted molar refractivity (Wildman–Crippen MR) is 95.0 cm³/mol. The van der Waals surface area contributed by atoms with Gasteiger partial charge in [-0.05, 0) is 38.3 Å². The number of ether oxygens (including phenoxy) is 2. The van der Waals surface area contributed by atoms with Gasteiger partial charge in [-0.1, -0.05) is 0 Å². The lowest BCUT2D eigenvalue weighted by molar-refractivity contribution is -0.139. The molecular weight excluding hydrogens is 320 g/mol. The number of amides is 2. The Morgan fingerprint density at radius 3 is 2.68 bits per heavy atom. The number of benzene rings is 1. The number of hydrogen-bond donors (Lipinski definition) is 0. The first-order chi connectivity index (χ1) is 12.0. The molecule has 2 fully saturated rings. The van der Waals surface area contributed by atoms with Crippen LogP contribution in [0.4, 0.5) is 5.69 Å². The monoisotopic (exact) mass is 346 g/mol. The van der Waals surface area contributed by atoms with Crippen LogP contribution < -0.4 is 14.4 Å². The molecule has 6 nitrogen and oxygen atoms in total. The fourth-order valence-corrected chi connectivity index (χ4v) is 3.77. The number of likely N-dealkylation sites (tertiary alicyclic amines) is 1. The van der Waals surface area contributed by atoms with Gasteiger partial charge in [0.15, 0.2) is 0 Å². The van der Waals surface area contributed by atoms with Gasteiger partial charge in [-0.15, -0.1) is 0 Å². The maximum atomic E-state index is 12.9. The van der Waals surface area contributed by atoms with Gasteiger partial charge in [-0.2, -0.15) is 0 Å². The van der Waals surface area contributed by atoms with Crippen LogP contribution in [0.1, 0.15) is 32.6 Å². The molecule has 2 aliphatic rings. The van der Waals surface area contributed by atoms with E-state index in [9.17, 15) is 9.59 Å². The van der Waals surface area contributed by atoms with Gasteiger partial charge in [0.2, 0.25) is 11.8 Å². The van der Waals surface area contributed by atoms with Crippen molar-refractivity contribution >= 4 is 17.5 Å². The number of anilines is 1. The molecule has 3 rings (SSSR count). The molecule has 0 aromatic heterocycles. The third-order valence-corrected chi connectivity index (χ3v) is 5.24. The van der Waals surface area contributed by atoms with Gasteiger partial charge in [0.25, 0.3) is 0 Å². The summed E-state index contributed by atoms with van der Waals surface area (Å²) in [6.45, 7) is 3.30. The summed E-state index contributed by atoms with van der Waals surface area (Å²) in [5, 5.41) is 0. The first-order valence-corrected chi connectivity index (χ1v) is 8.88. The van der Waals surface area contributed by atoms with E-state index in [4.69, 9.17) is 9.47 Å². The Morgan fingerprint density at radius 2 is 2.00 bits per heavy atom. The van der Waals surface area contributed by atoms with E-state index < -0.39 is 0 Å². The van der Waals surface area contributed by atoms with E-state index in [0.29, 0.717) is 23.7 Å². The molecular formula is C19H26N2O4. The topological polar surface area (TPSA) is 59.1 Å². The largest absolute Gasteiger partial charge is 0.497 e. The van der Waals surface area contributed by atoms with Crippen molar-refractivity contribution in [3.63, 3.8) is 0 Å². The second-order valence-electron chi connectivity index (χ2n) is 6.82. The van der Waals surface area contributed by atoms with Crippen LogP contribution in [0.5, 0.6) is 11.5 Å². The van der Waals surface area contributed by atoms with Crippen LogP contribution in [0.2, 0.25) is 0 Å². The minimum absolute atomic E-state index is 0.0357. The molecule has 0 spiro atoms. The van der Waals surface area contributed by atoms with E-state index >= 15 is 0 Å². The third kappa shape index (κ3) is 3.43. The maximum Gasteiger partial charge on any atom is 0.228 e. The fourth-order valence-electron chi connectivity index (χ4n) is 3.77. The SMILES string of the molecule is COc1ccc(N2C[C@H](C(=O)N3CCCC[C@H]3C)CC2=O)c(OC)c1. The summed E-state index contributed by atoms with van der Waals surface area (Å²) in [4.78, 5) is 29.0. The van der Waals surface area contributed by atoms with E-state index in [2.05, 4.69) is 6.92 Å². The Labute approximate surface area is 148 Å². The lowest BCUT2D eigenvalue weighted by atomic mass is 9.99. The molecule has 0 saturated carbocycles. The number of carbonyl (C=O) groups is 2. The van der Waals surface area contributed by atoms with E-state index in [1.54, 1.807) is 31.3 Å². The molecule has 2 atom stereocenters. The first kappa shape index (κ1) is 17.6. The number of methoxy groups -OCH3 is 2. The van der Waals surface area contributed by atoms with Crippen molar-refractivity contribution in [2.45, 2.75) is 38.6 Å². The van der Waals surface area contributed by atoms with Crippen LogP contribution in [0.25, 0.3) is 0 Å². The van der Waals surface area contributed by atoms with E-state index in [1.165, 1.54) is 6.42 Å². The highest BCUT2D eigenvalue weighted by molar-refractivity contribution is 6.01. The van der Waals surface area contributed by atoms with Crippen LogP contribution in [-0.2, 0) is 9.59 Å². The summed E-state index contributed by atoms with van der Waals surface area (Å²) in [5.74, 6) is 1.04. The summed E-state index contributed by atoms with van der Waals surface area (Å²) >= 11 is 0. The molecule has 1 aromatic carbocycles. The minimum atomic E-state index is -0.278. The molecule has 0 radical (unpaired) electrons. The van der Waals surface area contributed by atoms with Crippen molar-refractivity contribution in [2.75, 3.05) is 32.2 Å². The van der Waals surface area contributed by atoms with Crippen LogP contribution in [-0.4, -0.2) is 50.1 Å². The molecule has 1 aromatic rings. The van der Waals surface area contributed by atoms with Crippen LogP contribution >= 0.6 is 0 Å². The summed E-state index contributed by atoms with van der Waals surface area (Å²) < 4.78 is 10.6. The van der Waals surface area contributed by atoms with Crippen molar-refractivity contribution < 1.29 is 19.1 Å². The standard InChI is InChI=1S/C19H26N2O4/c1-13-6-4-5-9-20(13)19(23)14-10-18(22)21(12-14)16-8-7-15(24-2)11-17(16)25-3/h7-8,11,13-14H,4-6,9-10,12H2,1-3H3/t13-,14-/m1/s1. The first-order valence-electron chi connectivity index (χ1n) is 8.88. The number of rotatable bonds is 4. The van der Waals surface area contributed by atoms with E-state index in [0.717, 1.165) is 19.4 Å². The summed E-state index contributed by atoms with van der Waals surface area (Å²) in [6, 6.07) is 5.63. The van der Waals surface area contributed by atoms with Gasteiger partial charge < -0.3 is 19.3 Å². The minimum Gasteiger partial charge on any atom is -0.497 e. The number of carbonyl (C=O) groups excluding carboxylic acids is 2. The smallest absolute Gasteiger partial charge is 0.228 e. The number of hydrogen-bond acceptors (Lipinski definition) is 4. The van der Waals surface area contributed by atoms with Crippen molar-refractivity contribution in [3.05, 3.63) is 18.2 Å². The Hall–Kier alpha value is -2.24. The molecule has 2 saturated heterocycles. The van der Waals surface area contributed by atoms with Crippen molar-refractivity contribution in [3.8, 4) is 11.5 Å². The van der Waals surface area contributed by atoms with Gasteiger partial charge in [-0.3, -0.25) is 9.59 Å². The zero-order valence-electron chi connectivity index (χ0n) is 15.2. The molecule has 0 unspecified atom stereocenters. The Kier molecular flexibility index (Phi) is 5.16. The molecule has 0 bridgehead atoms. The van der Waals surface area contributed by atoms with Gasteiger partial charge in [0, 0.05) is 31.6 Å². The van der Waals surface area contributed by atoms with Gasteiger partial charge in [-0.25, -0.2) is 0 Å². The Morgan fingerprint density at radius 1 is 1.20 bits per heavy atom. The number of piperidine rings is 1. The molecule has 2 heterocycles. The maximum absolute atomic E-state index is 12.9. The van der Waals surface area contributed by atoms with Crippen LogP contribution in [0, 0.1) is 5.92 Å². The molecule has 2 aliphatic heterocycles. The summed E-state index contributed by atoms with van der Waals surface area (Å²) in [7, 11) is 3.15. The van der Waals surface area contributed by atoms with Crippen molar-refractivity contribution in [2.24, 2.45) is 5.92 Å². The second-order valence-corrected chi connectivity index (χ2v) is 6.82. The molecule has 0 aliphatic carbocycles. The highest BCUT2D eigenvalue weighted by Crippen LogP contribution is 2.36. The third-order valence-electron chi connectivity index (χ3n) is 5.24. The summed E-state index contributed by atoms with van der Waals surface area (Å²) in [5.41, 5.74) is 0.690.